The van der Waals surface area contributed by atoms with Crippen molar-refractivity contribution in [2.75, 3.05) is 0 Å². The zero-order chi connectivity index (χ0) is 18.0. The van der Waals surface area contributed by atoms with E-state index in [1.807, 2.05) is 32.0 Å². The van der Waals surface area contributed by atoms with E-state index < -0.39 is 0 Å². The molecule has 3 heteroatoms. The molecule has 1 aliphatic carbocycles. The van der Waals surface area contributed by atoms with Crippen LogP contribution in [-0.2, 0) is 9.59 Å². The van der Waals surface area contributed by atoms with Crippen LogP contribution in [0.15, 0.2) is 42.5 Å². The summed E-state index contributed by atoms with van der Waals surface area (Å²) < 4.78 is 0. The molecule has 25 heavy (non-hydrogen) atoms. The van der Waals surface area contributed by atoms with Crippen LogP contribution in [-0.4, -0.2) is 12.6 Å². The smallest absolute Gasteiger partial charge is 0.124 e. The van der Waals surface area contributed by atoms with Gasteiger partial charge in [0.15, 0.2) is 0 Å². The number of halogens is 1. The van der Waals surface area contributed by atoms with Crippen LogP contribution in [0.5, 0.6) is 0 Å². The first-order chi connectivity index (χ1) is 12.0. The summed E-state index contributed by atoms with van der Waals surface area (Å²) in [6, 6.07) is 14.3. The van der Waals surface area contributed by atoms with Crippen molar-refractivity contribution in [3.8, 4) is 0 Å². The lowest BCUT2D eigenvalue weighted by molar-refractivity contribution is -0.119. The maximum absolute atomic E-state index is 11.5. The third-order valence-corrected chi connectivity index (χ3v) is 5.31. The molecule has 2 aromatic carbocycles. The molecule has 2 aromatic rings. The number of hydrogen-bond donors (Lipinski definition) is 0. The lowest BCUT2D eigenvalue weighted by atomic mass is 9.73. The summed E-state index contributed by atoms with van der Waals surface area (Å²) in [7, 11) is 0. The minimum absolute atomic E-state index is 0.276. The SMILES string of the molecule is Cc1ccc(C2=C(c3ccc(C)cc3Cl)CC(C=O)C(C=O)C2)cc1. The quantitative estimate of drug-likeness (QED) is 0.700. The molecule has 0 spiro atoms. The van der Waals surface area contributed by atoms with Gasteiger partial charge in [-0.1, -0.05) is 53.6 Å². The highest BCUT2D eigenvalue weighted by Crippen LogP contribution is 2.44. The number of aldehydes is 2. The number of benzene rings is 2. The van der Waals surface area contributed by atoms with Crippen molar-refractivity contribution in [3.63, 3.8) is 0 Å². The molecule has 0 radical (unpaired) electrons. The van der Waals surface area contributed by atoms with Gasteiger partial charge in [0.2, 0.25) is 0 Å². The molecule has 0 saturated heterocycles. The number of aryl methyl sites for hydroxylation is 2. The highest BCUT2D eigenvalue weighted by atomic mass is 35.5. The third-order valence-electron chi connectivity index (χ3n) is 4.99. The summed E-state index contributed by atoms with van der Waals surface area (Å²) >= 11 is 6.51. The third kappa shape index (κ3) is 3.59. The van der Waals surface area contributed by atoms with Gasteiger partial charge in [-0.05, 0) is 60.6 Å². The first kappa shape index (κ1) is 17.6. The molecule has 0 saturated carbocycles. The number of carbonyl (C=O) groups excluding carboxylic acids is 2. The molecule has 3 rings (SSSR count). The van der Waals surface area contributed by atoms with E-state index >= 15 is 0 Å². The van der Waals surface area contributed by atoms with Crippen molar-refractivity contribution >= 4 is 35.3 Å². The molecule has 2 nitrogen and oxygen atoms in total. The van der Waals surface area contributed by atoms with Crippen LogP contribution in [0, 0.1) is 25.7 Å². The Hall–Kier alpha value is -2.19. The maximum Gasteiger partial charge on any atom is 0.124 e. The molecule has 0 amide bonds. The molecule has 0 N–H and O–H groups in total. The summed E-state index contributed by atoms with van der Waals surface area (Å²) in [6.45, 7) is 4.05. The molecule has 128 valence electrons. The number of carbonyl (C=O) groups is 2. The topological polar surface area (TPSA) is 34.1 Å². The lowest BCUT2D eigenvalue weighted by Crippen LogP contribution is -2.23. The van der Waals surface area contributed by atoms with Gasteiger partial charge < -0.3 is 9.59 Å². The van der Waals surface area contributed by atoms with Crippen molar-refractivity contribution in [2.24, 2.45) is 11.8 Å². The molecule has 2 atom stereocenters. The van der Waals surface area contributed by atoms with Crippen molar-refractivity contribution in [2.45, 2.75) is 26.7 Å². The molecular formula is C22H21ClO2. The van der Waals surface area contributed by atoms with Gasteiger partial charge in [0.25, 0.3) is 0 Å². The Morgan fingerprint density at radius 1 is 0.840 bits per heavy atom. The van der Waals surface area contributed by atoms with Crippen LogP contribution in [0.3, 0.4) is 0 Å². The van der Waals surface area contributed by atoms with Crippen LogP contribution < -0.4 is 0 Å². The minimum atomic E-state index is -0.293. The van der Waals surface area contributed by atoms with Gasteiger partial charge in [0.05, 0.1) is 0 Å². The van der Waals surface area contributed by atoms with Crippen molar-refractivity contribution in [3.05, 3.63) is 69.7 Å². The van der Waals surface area contributed by atoms with E-state index in [4.69, 9.17) is 11.6 Å². The Labute approximate surface area is 153 Å². The molecule has 0 bridgehead atoms. The van der Waals surface area contributed by atoms with Gasteiger partial charge in [-0.3, -0.25) is 0 Å². The van der Waals surface area contributed by atoms with Gasteiger partial charge in [-0.2, -0.15) is 0 Å². The van der Waals surface area contributed by atoms with E-state index in [-0.39, 0.29) is 11.8 Å². The summed E-state index contributed by atoms with van der Waals surface area (Å²) in [6.07, 6.45) is 2.93. The van der Waals surface area contributed by atoms with E-state index in [1.54, 1.807) is 0 Å². The van der Waals surface area contributed by atoms with Crippen LogP contribution in [0.25, 0.3) is 11.1 Å². The molecule has 0 heterocycles. The molecule has 1 aliphatic rings. The molecule has 2 unspecified atom stereocenters. The first-order valence-corrected chi connectivity index (χ1v) is 8.87. The second-order valence-electron chi connectivity index (χ2n) is 6.81. The second-order valence-corrected chi connectivity index (χ2v) is 7.22. The molecule has 0 aliphatic heterocycles. The average molecular weight is 353 g/mol. The predicted octanol–water partition coefficient (Wildman–Crippen LogP) is 5.29. The van der Waals surface area contributed by atoms with E-state index in [1.165, 1.54) is 5.56 Å². The first-order valence-electron chi connectivity index (χ1n) is 8.49. The predicted molar refractivity (Wildman–Crippen MR) is 103 cm³/mol. The van der Waals surface area contributed by atoms with Crippen LogP contribution in [0.4, 0.5) is 0 Å². The van der Waals surface area contributed by atoms with Crippen molar-refractivity contribution in [1.29, 1.82) is 0 Å². The van der Waals surface area contributed by atoms with Gasteiger partial charge in [0.1, 0.15) is 12.6 Å². The fraction of sp³-hybridized carbons (Fsp3) is 0.273. The summed E-state index contributed by atoms with van der Waals surface area (Å²) in [5.74, 6) is -0.569. The molecular weight excluding hydrogens is 332 g/mol. The number of allylic oxidation sites excluding steroid dienone is 2. The summed E-state index contributed by atoms with van der Waals surface area (Å²) in [5.41, 5.74) is 6.52. The highest BCUT2D eigenvalue weighted by molar-refractivity contribution is 6.32. The van der Waals surface area contributed by atoms with Gasteiger partial charge in [0, 0.05) is 16.9 Å². The van der Waals surface area contributed by atoms with Gasteiger partial charge in [-0.15, -0.1) is 0 Å². The van der Waals surface area contributed by atoms with E-state index in [0.29, 0.717) is 17.9 Å². The largest absolute Gasteiger partial charge is 0.303 e. The van der Waals surface area contributed by atoms with E-state index in [0.717, 1.165) is 40.4 Å². The number of rotatable bonds is 4. The van der Waals surface area contributed by atoms with Crippen LogP contribution >= 0.6 is 11.6 Å². The molecule has 0 fully saturated rings. The van der Waals surface area contributed by atoms with Gasteiger partial charge >= 0.3 is 0 Å². The Morgan fingerprint density at radius 2 is 1.40 bits per heavy atom. The minimum Gasteiger partial charge on any atom is -0.303 e. The Kier molecular flexibility index (Phi) is 5.19. The zero-order valence-corrected chi connectivity index (χ0v) is 15.2. The zero-order valence-electron chi connectivity index (χ0n) is 14.5. The van der Waals surface area contributed by atoms with Crippen molar-refractivity contribution in [1.82, 2.24) is 0 Å². The lowest BCUT2D eigenvalue weighted by Gasteiger charge is -2.30. The fourth-order valence-corrected chi connectivity index (χ4v) is 3.85. The molecule has 0 aromatic heterocycles. The number of hydrogen-bond acceptors (Lipinski definition) is 2. The highest BCUT2D eigenvalue weighted by Gasteiger charge is 2.31. The van der Waals surface area contributed by atoms with Gasteiger partial charge in [-0.25, -0.2) is 0 Å². The monoisotopic (exact) mass is 352 g/mol. The van der Waals surface area contributed by atoms with E-state index in [9.17, 15) is 9.59 Å². The Morgan fingerprint density at radius 3 is 1.96 bits per heavy atom. The maximum atomic E-state index is 11.5. The standard InChI is InChI=1S/C22H21ClO2/c1-14-3-6-16(7-4-14)20-10-17(12-24)18(13-25)11-21(20)19-8-5-15(2)9-22(19)23/h3-9,12-13,17-18H,10-11H2,1-2H3. The summed E-state index contributed by atoms with van der Waals surface area (Å²) in [4.78, 5) is 23.0. The van der Waals surface area contributed by atoms with Crippen LogP contribution in [0.2, 0.25) is 5.02 Å². The second kappa shape index (κ2) is 7.37. The normalized spacial score (nSPS) is 20.4. The Bertz CT molecular complexity index is 834. The van der Waals surface area contributed by atoms with E-state index in [2.05, 4.69) is 24.3 Å². The van der Waals surface area contributed by atoms with Crippen LogP contribution in [0.1, 0.15) is 35.1 Å². The Balaban J connectivity index is 2.19. The van der Waals surface area contributed by atoms with Crippen molar-refractivity contribution < 1.29 is 9.59 Å². The summed E-state index contributed by atoms with van der Waals surface area (Å²) in [5, 5.41) is 0.689. The average Bonchev–Trinajstić information content (AvgIpc) is 2.61. The fourth-order valence-electron chi connectivity index (χ4n) is 3.50.